The van der Waals surface area contributed by atoms with Crippen LogP contribution in [-0.4, -0.2) is 49.5 Å². The summed E-state index contributed by atoms with van der Waals surface area (Å²) in [5.74, 6) is 0.986. The second-order valence-corrected chi connectivity index (χ2v) is 7.73. The summed E-state index contributed by atoms with van der Waals surface area (Å²) in [5.41, 5.74) is 2.74. The Morgan fingerprint density at radius 2 is 2.10 bits per heavy atom. The van der Waals surface area contributed by atoms with Gasteiger partial charge in [0, 0.05) is 56.7 Å². The van der Waals surface area contributed by atoms with E-state index >= 15 is 0 Å². The van der Waals surface area contributed by atoms with Crippen LogP contribution in [0.15, 0.2) is 53.6 Å². The van der Waals surface area contributed by atoms with E-state index < -0.39 is 0 Å². The van der Waals surface area contributed by atoms with Crippen LogP contribution >= 0.6 is 0 Å². The summed E-state index contributed by atoms with van der Waals surface area (Å²) in [6.45, 7) is 3.86. The SMILES string of the molecule is O=c1cc(CCn2cccn2)nc(-c2ccc(CN3CCC[C@@H](CO)C3)cc2)[nH]1. The summed E-state index contributed by atoms with van der Waals surface area (Å²) >= 11 is 0. The molecule has 0 unspecified atom stereocenters. The number of rotatable bonds is 7. The van der Waals surface area contributed by atoms with E-state index in [1.165, 1.54) is 5.56 Å². The first-order valence-electron chi connectivity index (χ1n) is 10.2. The number of hydrogen-bond donors (Lipinski definition) is 2. The molecule has 2 aromatic heterocycles. The molecule has 0 radical (unpaired) electrons. The van der Waals surface area contributed by atoms with Gasteiger partial charge in [0.15, 0.2) is 0 Å². The molecule has 0 amide bonds. The normalized spacial score (nSPS) is 17.5. The Kier molecular flexibility index (Phi) is 6.17. The minimum atomic E-state index is -0.141. The van der Waals surface area contributed by atoms with Crippen molar-refractivity contribution < 1.29 is 5.11 Å². The maximum Gasteiger partial charge on any atom is 0.251 e. The molecule has 0 aliphatic carbocycles. The average Bonchev–Trinajstić information content (AvgIpc) is 3.26. The van der Waals surface area contributed by atoms with Gasteiger partial charge in [-0.1, -0.05) is 24.3 Å². The summed E-state index contributed by atoms with van der Waals surface area (Å²) in [6.07, 6.45) is 6.54. The average molecular weight is 393 g/mol. The maximum absolute atomic E-state index is 12.1. The first-order chi connectivity index (χ1) is 14.2. The molecule has 1 aromatic carbocycles. The van der Waals surface area contributed by atoms with Gasteiger partial charge in [0.25, 0.3) is 5.56 Å². The number of aromatic amines is 1. The lowest BCUT2D eigenvalue weighted by molar-refractivity contribution is 0.116. The molecule has 152 valence electrons. The van der Waals surface area contributed by atoms with Crippen molar-refractivity contribution in [1.82, 2.24) is 24.6 Å². The van der Waals surface area contributed by atoms with Gasteiger partial charge in [-0.25, -0.2) is 4.98 Å². The van der Waals surface area contributed by atoms with Gasteiger partial charge in [0.05, 0.1) is 5.69 Å². The molecule has 1 saturated heterocycles. The Balaban J connectivity index is 1.43. The zero-order valence-corrected chi connectivity index (χ0v) is 16.5. The number of piperidine rings is 1. The Morgan fingerprint density at radius 3 is 2.86 bits per heavy atom. The number of H-pyrrole nitrogens is 1. The van der Waals surface area contributed by atoms with Crippen molar-refractivity contribution in [2.24, 2.45) is 5.92 Å². The Hall–Kier alpha value is -2.77. The number of benzene rings is 1. The van der Waals surface area contributed by atoms with Crippen molar-refractivity contribution in [1.29, 1.82) is 0 Å². The van der Waals surface area contributed by atoms with E-state index in [0.717, 1.165) is 43.7 Å². The van der Waals surface area contributed by atoms with E-state index in [1.807, 2.05) is 29.1 Å². The van der Waals surface area contributed by atoms with Gasteiger partial charge in [0.2, 0.25) is 0 Å². The Bertz CT molecular complexity index is 966. The van der Waals surface area contributed by atoms with Gasteiger partial charge in [-0.3, -0.25) is 14.4 Å². The highest BCUT2D eigenvalue weighted by Crippen LogP contribution is 2.20. The molecule has 29 heavy (non-hydrogen) atoms. The molecule has 0 saturated carbocycles. The van der Waals surface area contributed by atoms with Crippen LogP contribution in [-0.2, 0) is 19.5 Å². The van der Waals surface area contributed by atoms with Gasteiger partial charge < -0.3 is 10.1 Å². The minimum Gasteiger partial charge on any atom is -0.396 e. The molecule has 7 nitrogen and oxygen atoms in total. The number of aryl methyl sites for hydroxylation is 2. The molecule has 0 spiro atoms. The third-order valence-electron chi connectivity index (χ3n) is 5.45. The maximum atomic E-state index is 12.1. The lowest BCUT2D eigenvalue weighted by Gasteiger charge is -2.31. The van der Waals surface area contributed by atoms with Crippen molar-refractivity contribution >= 4 is 0 Å². The van der Waals surface area contributed by atoms with Crippen molar-refractivity contribution in [2.75, 3.05) is 19.7 Å². The number of aliphatic hydroxyl groups is 1. The number of aromatic nitrogens is 4. The molecule has 7 heteroatoms. The zero-order valence-electron chi connectivity index (χ0n) is 16.5. The molecule has 1 aliphatic rings. The standard InChI is InChI=1S/C22H27N5O2/c28-16-18-3-1-10-26(15-18)14-17-4-6-19(7-5-17)22-24-20(13-21(29)25-22)8-12-27-11-2-9-23-27/h2,4-7,9,11,13,18,28H,1,3,8,10,12,14-16H2,(H,24,25,29)/t18-/m1/s1. The molecular formula is C22H27N5O2. The molecule has 1 fully saturated rings. The fourth-order valence-corrected chi connectivity index (χ4v) is 3.90. The monoisotopic (exact) mass is 393 g/mol. The third-order valence-corrected chi connectivity index (χ3v) is 5.45. The van der Waals surface area contributed by atoms with Gasteiger partial charge >= 0.3 is 0 Å². The number of aliphatic hydroxyl groups excluding tert-OH is 1. The summed E-state index contributed by atoms with van der Waals surface area (Å²) in [4.78, 5) is 22.0. The lowest BCUT2D eigenvalue weighted by Crippen LogP contribution is -2.36. The lowest BCUT2D eigenvalue weighted by atomic mass is 9.98. The van der Waals surface area contributed by atoms with E-state index in [9.17, 15) is 9.90 Å². The highest BCUT2D eigenvalue weighted by Gasteiger charge is 2.19. The molecular weight excluding hydrogens is 366 g/mol. The summed E-state index contributed by atoms with van der Waals surface area (Å²) in [7, 11) is 0. The minimum absolute atomic E-state index is 0.141. The highest BCUT2D eigenvalue weighted by molar-refractivity contribution is 5.55. The fraction of sp³-hybridized carbons (Fsp3) is 0.409. The van der Waals surface area contributed by atoms with Gasteiger partial charge in [-0.05, 0) is 36.9 Å². The fourth-order valence-electron chi connectivity index (χ4n) is 3.90. The molecule has 0 bridgehead atoms. The number of likely N-dealkylation sites (tertiary alicyclic amines) is 1. The Morgan fingerprint density at radius 1 is 1.24 bits per heavy atom. The van der Waals surface area contributed by atoms with Crippen molar-refractivity contribution in [3.8, 4) is 11.4 Å². The van der Waals surface area contributed by atoms with E-state index in [2.05, 4.69) is 32.1 Å². The van der Waals surface area contributed by atoms with Crippen LogP contribution in [0.25, 0.3) is 11.4 Å². The van der Waals surface area contributed by atoms with Crippen LogP contribution in [0.4, 0.5) is 0 Å². The predicted molar refractivity (Wildman–Crippen MR) is 111 cm³/mol. The van der Waals surface area contributed by atoms with Crippen LogP contribution in [0, 0.1) is 5.92 Å². The van der Waals surface area contributed by atoms with Gasteiger partial charge in [0.1, 0.15) is 5.82 Å². The molecule has 1 aliphatic heterocycles. The summed E-state index contributed by atoms with van der Waals surface area (Å²) in [5, 5.41) is 13.6. The Labute approximate surface area is 170 Å². The molecule has 2 N–H and O–H groups in total. The van der Waals surface area contributed by atoms with E-state index in [-0.39, 0.29) is 12.2 Å². The van der Waals surface area contributed by atoms with Crippen LogP contribution in [0.1, 0.15) is 24.1 Å². The number of hydrogen-bond acceptors (Lipinski definition) is 5. The van der Waals surface area contributed by atoms with Crippen LogP contribution in [0.5, 0.6) is 0 Å². The quantitative estimate of drug-likeness (QED) is 0.642. The van der Waals surface area contributed by atoms with Crippen LogP contribution < -0.4 is 5.56 Å². The largest absolute Gasteiger partial charge is 0.396 e. The van der Waals surface area contributed by atoms with Crippen molar-refractivity contribution in [3.63, 3.8) is 0 Å². The zero-order chi connectivity index (χ0) is 20.1. The van der Waals surface area contributed by atoms with E-state index in [1.54, 1.807) is 12.3 Å². The van der Waals surface area contributed by atoms with E-state index in [0.29, 0.717) is 24.7 Å². The van der Waals surface area contributed by atoms with Gasteiger partial charge in [-0.15, -0.1) is 0 Å². The van der Waals surface area contributed by atoms with E-state index in [4.69, 9.17) is 0 Å². The second-order valence-electron chi connectivity index (χ2n) is 7.73. The van der Waals surface area contributed by atoms with Crippen LogP contribution in [0.2, 0.25) is 0 Å². The van der Waals surface area contributed by atoms with Crippen LogP contribution in [0.3, 0.4) is 0 Å². The van der Waals surface area contributed by atoms with Crippen molar-refractivity contribution in [3.05, 3.63) is 70.4 Å². The summed E-state index contributed by atoms with van der Waals surface area (Å²) < 4.78 is 1.83. The summed E-state index contributed by atoms with van der Waals surface area (Å²) in [6, 6.07) is 11.6. The predicted octanol–water partition coefficient (Wildman–Crippen LogP) is 2.08. The highest BCUT2D eigenvalue weighted by atomic mass is 16.3. The first-order valence-corrected chi connectivity index (χ1v) is 10.2. The topological polar surface area (TPSA) is 87.0 Å². The molecule has 1 atom stereocenters. The molecule has 4 rings (SSSR count). The third kappa shape index (κ3) is 5.19. The smallest absolute Gasteiger partial charge is 0.251 e. The van der Waals surface area contributed by atoms with Gasteiger partial charge in [-0.2, -0.15) is 5.10 Å². The second kappa shape index (κ2) is 9.15. The molecule has 3 heterocycles. The number of nitrogens with zero attached hydrogens (tertiary/aromatic N) is 4. The first kappa shape index (κ1) is 19.5. The molecule has 3 aromatic rings. The van der Waals surface area contributed by atoms with Crippen molar-refractivity contribution in [2.45, 2.75) is 32.4 Å². The number of nitrogens with one attached hydrogen (secondary N) is 1.